The predicted octanol–water partition coefficient (Wildman–Crippen LogP) is 4.28. The maximum atomic E-state index is 12.5. The molecule has 0 saturated carbocycles. The van der Waals surface area contributed by atoms with Crippen LogP contribution in [0.3, 0.4) is 0 Å². The van der Waals surface area contributed by atoms with E-state index in [9.17, 15) is 4.79 Å². The fourth-order valence-corrected chi connectivity index (χ4v) is 2.71. The molecule has 1 amide bonds. The zero-order chi connectivity index (χ0) is 15.7. The Bertz CT molecular complexity index is 818. The summed E-state index contributed by atoms with van der Waals surface area (Å²) in [6.07, 6.45) is 0. The molecule has 3 heteroatoms. The topological polar surface area (TPSA) is 44.9 Å². The summed E-state index contributed by atoms with van der Waals surface area (Å²) in [7, 11) is 0. The molecule has 0 aliphatic rings. The first kappa shape index (κ1) is 14.4. The molecule has 0 spiro atoms. The lowest BCUT2D eigenvalue weighted by Crippen LogP contribution is -2.26. The molecule has 0 fully saturated rings. The van der Waals surface area contributed by atoms with Gasteiger partial charge >= 0.3 is 0 Å². The van der Waals surface area contributed by atoms with E-state index < -0.39 is 0 Å². The van der Waals surface area contributed by atoms with Crippen LogP contribution in [0.5, 0.6) is 0 Å². The number of aromatic amines is 1. The molecule has 2 aromatic carbocycles. The Morgan fingerprint density at radius 1 is 1.09 bits per heavy atom. The van der Waals surface area contributed by atoms with Crippen molar-refractivity contribution in [3.63, 3.8) is 0 Å². The van der Waals surface area contributed by atoms with Crippen molar-refractivity contribution < 1.29 is 4.79 Å². The Balaban J connectivity index is 1.84. The molecule has 22 heavy (non-hydrogen) atoms. The van der Waals surface area contributed by atoms with Gasteiger partial charge in [-0.2, -0.15) is 0 Å². The molecule has 0 saturated heterocycles. The van der Waals surface area contributed by atoms with E-state index in [-0.39, 0.29) is 11.9 Å². The van der Waals surface area contributed by atoms with Crippen LogP contribution in [0.4, 0.5) is 0 Å². The van der Waals surface area contributed by atoms with E-state index in [0.29, 0.717) is 5.56 Å². The Morgan fingerprint density at radius 3 is 2.55 bits per heavy atom. The molecule has 1 heterocycles. The average molecular weight is 292 g/mol. The third-order valence-corrected chi connectivity index (χ3v) is 4.22. The molecule has 0 aliphatic carbocycles. The van der Waals surface area contributed by atoms with Crippen molar-refractivity contribution in [3.8, 4) is 0 Å². The lowest BCUT2D eigenvalue weighted by atomic mass is 10.1. The molecule has 0 aliphatic heterocycles. The fraction of sp³-hybridized carbons (Fsp3) is 0.211. The highest BCUT2D eigenvalue weighted by molar-refractivity contribution is 5.99. The predicted molar refractivity (Wildman–Crippen MR) is 90.1 cm³/mol. The van der Waals surface area contributed by atoms with Gasteiger partial charge in [0, 0.05) is 22.2 Å². The van der Waals surface area contributed by atoms with Gasteiger partial charge in [-0.1, -0.05) is 30.3 Å². The molecule has 2 N–H and O–H groups in total. The minimum atomic E-state index is -0.0449. The summed E-state index contributed by atoms with van der Waals surface area (Å²) in [6.45, 7) is 6.12. The number of benzene rings is 2. The SMILES string of the molecule is Cc1[nH]c2ccc(C(=O)N[C@@H](C)c3ccccc3)cc2c1C. The van der Waals surface area contributed by atoms with Gasteiger partial charge in [0.05, 0.1) is 6.04 Å². The number of carbonyl (C=O) groups is 1. The number of aryl methyl sites for hydroxylation is 2. The number of hydrogen-bond acceptors (Lipinski definition) is 1. The molecule has 112 valence electrons. The van der Waals surface area contributed by atoms with E-state index in [1.807, 2.05) is 62.4 Å². The number of aromatic nitrogens is 1. The first-order valence-corrected chi connectivity index (χ1v) is 7.51. The van der Waals surface area contributed by atoms with E-state index >= 15 is 0 Å². The first-order valence-electron chi connectivity index (χ1n) is 7.51. The number of H-pyrrole nitrogens is 1. The monoisotopic (exact) mass is 292 g/mol. The second kappa shape index (κ2) is 5.68. The van der Waals surface area contributed by atoms with E-state index in [1.165, 1.54) is 5.56 Å². The second-order valence-corrected chi connectivity index (χ2v) is 5.74. The number of fused-ring (bicyclic) bond motifs is 1. The summed E-state index contributed by atoms with van der Waals surface area (Å²) in [5, 5.41) is 4.16. The van der Waals surface area contributed by atoms with Gasteiger partial charge in [-0.05, 0) is 50.1 Å². The van der Waals surface area contributed by atoms with Gasteiger partial charge in [0.1, 0.15) is 0 Å². The molecule has 0 radical (unpaired) electrons. The lowest BCUT2D eigenvalue weighted by molar-refractivity contribution is 0.0940. The minimum absolute atomic E-state index is 0.0153. The standard InChI is InChI=1S/C19H20N2O/c1-12-13(2)20-18-10-9-16(11-17(12)18)19(22)21-14(3)15-7-5-4-6-8-15/h4-11,14,20H,1-3H3,(H,21,22)/t14-/m0/s1. The van der Waals surface area contributed by atoms with Crippen molar-refractivity contribution in [1.82, 2.24) is 10.3 Å². The number of hydrogen-bond donors (Lipinski definition) is 2. The van der Waals surface area contributed by atoms with Crippen molar-refractivity contribution in [1.29, 1.82) is 0 Å². The van der Waals surface area contributed by atoms with E-state index in [1.54, 1.807) is 0 Å². The maximum Gasteiger partial charge on any atom is 0.251 e. The number of amides is 1. The van der Waals surface area contributed by atoms with E-state index in [4.69, 9.17) is 0 Å². The molecule has 3 rings (SSSR count). The second-order valence-electron chi connectivity index (χ2n) is 5.74. The summed E-state index contributed by atoms with van der Waals surface area (Å²) in [4.78, 5) is 15.8. The molecule has 3 nitrogen and oxygen atoms in total. The highest BCUT2D eigenvalue weighted by Gasteiger charge is 2.13. The van der Waals surface area contributed by atoms with Gasteiger partial charge < -0.3 is 10.3 Å². The molecule has 1 aromatic heterocycles. The normalized spacial score (nSPS) is 12.3. The van der Waals surface area contributed by atoms with Gasteiger partial charge in [0.2, 0.25) is 0 Å². The fourth-order valence-electron chi connectivity index (χ4n) is 2.71. The van der Waals surface area contributed by atoms with Crippen LogP contribution >= 0.6 is 0 Å². The molecular weight excluding hydrogens is 272 g/mol. The largest absolute Gasteiger partial charge is 0.358 e. The van der Waals surface area contributed by atoms with Gasteiger partial charge in [-0.3, -0.25) is 4.79 Å². The summed E-state index contributed by atoms with van der Waals surface area (Å²) >= 11 is 0. The van der Waals surface area contributed by atoms with Crippen molar-refractivity contribution in [2.24, 2.45) is 0 Å². The molecule has 3 aromatic rings. The van der Waals surface area contributed by atoms with Crippen molar-refractivity contribution >= 4 is 16.8 Å². The quantitative estimate of drug-likeness (QED) is 0.743. The first-order chi connectivity index (χ1) is 10.6. The Kier molecular flexibility index (Phi) is 3.72. The Labute approximate surface area is 130 Å². The van der Waals surface area contributed by atoms with E-state index in [0.717, 1.165) is 22.2 Å². The number of nitrogens with one attached hydrogen (secondary N) is 2. The summed E-state index contributed by atoms with van der Waals surface area (Å²) < 4.78 is 0. The van der Waals surface area contributed by atoms with Crippen LogP contribution in [0, 0.1) is 13.8 Å². The molecule has 0 unspecified atom stereocenters. The zero-order valence-corrected chi connectivity index (χ0v) is 13.1. The van der Waals surface area contributed by atoms with E-state index in [2.05, 4.69) is 17.2 Å². The highest BCUT2D eigenvalue weighted by Crippen LogP contribution is 2.22. The van der Waals surface area contributed by atoms with Crippen LogP contribution in [0.2, 0.25) is 0 Å². The van der Waals surface area contributed by atoms with Crippen LogP contribution < -0.4 is 5.32 Å². The van der Waals surface area contributed by atoms with Gasteiger partial charge in [0.25, 0.3) is 5.91 Å². The summed E-state index contributed by atoms with van der Waals surface area (Å²) in [6, 6.07) is 15.8. The Morgan fingerprint density at radius 2 is 1.82 bits per heavy atom. The smallest absolute Gasteiger partial charge is 0.251 e. The van der Waals surface area contributed by atoms with Crippen LogP contribution in [-0.2, 0) is 0 Å². The third-order valence-electron chi connectivity index (χ3n) is 4.22. The van der Waals surface area contributed by atoms with Gasteiger partial charge in [-0.25, -0.2) is 0 Å². The molecule has 1 atom stereocenters. The number of rotatable bonds is 3. The maximum absolute atomic E-state index is 12.5. The van der Waals surface area contributed by atoms with Crippen molar-refractivity contribution in [3.05, 3.63) is 70.9 Å². The van der Waals surface area contributed by atoms with Crippen LogP contribution in [0.1, 0.15) is 40.1 Å². The van der Waals surface area contributed by atoms with Crippen molar-refractivity contribution in [2.75, 3.05) is 0 Å². The summed E-state index contributed by atoms with van der Waals surface area (Å²) in [5.74, 6) is -0.0449. The summed E-state index contributed by atoms with van der Waals surface area (Å²) in [5.41, 5.74) is 5.21. The van der Waals surface area contributed by atoms with Crippen LogP contribution in [0.25, 0.3) is 10.9 Å². The van der Waals surface area contributed by atoms with Gasteiger partial charge in [0.15, 0.2) is 0 Å². The highest BCUT2D eigenvalue weighted by atomic mass is 16.1. The van der Waals surface area contributed by atoms with Crippen LogP contribution in [0.15, 0.2) is 48.5 Å². The third kappa shape index (κ3) is 2.62. The Hall–Kier alpha value is -2.55. The molecular formula is C19H20N2O. The van der Waals surface area contributed by atoms with Gasteiger partial charge in [-0.15, -0.1) is 0 Å². The zero-order valence-electron chi connectivity index (χ0n) is 13.1. The molecule has 0 bridgehead atoms. The minimum Gasteiger partial charge on any atom is -0.358 e. The lowest BCUT2D eigenvalue weighted by Gasteiger charge is -2.14. The average Bonchev–Trinajstić information content (AvgIpc) is 2.82. The van der Waals surface area contributed by atoms with Crippen LogP contribution in [-0.4, -0.2) is 10.9 Å². The van der Waals surface area contributed by atoms with Crippen molar-refractivity contribution in [2.45, 2.75) is 26.8 Å². The number of carbonyl (C=O) groups excluding carboxylic acids is 1.